The number of aromatic amines is 2. The molecule has 0 unspecified atom stereocenters. The van der Waals surface area contributed by atoms with Gasteiger partial charge in [-0.05, 0) is 18.6 Å². The van der Waals surface area contributed by atoms with Crippen LogP contribution in [0.25, 0.3) is 22.3 Å². The van der Waals surface area contributed by atoms with Crippen molar-refractivity contribution in [2.45, 2.75) is 12.8 Å². The van der Waals surface area contributed by atoms with Crippen molar-refractivity contribution >= 4 is 16.9 Å². The molecule has 4 aromatic rings. The van der Waals surface area contributed by atoms with Crippen LogP contribution in [-0.2, 0) is 12.8 Å². The minimum atomic E-state index is -0.0501. The van der Waals surface area contributed by atoms with Crippen molar-refractivity contribution in [1.82, 2.24) is 30.3 Å². The normalized spacial score (nSPS) is 14.1. The highest BCUT2D eigenvalue weighted by Crippen LogP contribution is 2.26. The van der Waals surface area contributed by atoms with Gasteiger partial charge >= 0.3 is 0 Å². The Morgan fingerprint density at radius 2 is 1.85 bits per heavy atom. The lowest BCUT2D eigenvalue weighted by molar-refractivity contribution is 0.0757. The number of nitrogens with one attached hydrogen (secondary N) is 2. The van der Waals surface area contributed by atoms with Crippen LogP contribution in [0, 0.1) is 0 Å². The zero-order chi connectivity index (χ0) is 18.2. The molecule has 7 heteroatoms. The molecule has 1 aliphatic rings. The van der Waals surface area contributed by atoms with E-state index in [0.29, 0.717) is 24.4 Å². The molecule has 1 aromatic carbocycles. The SMILES string of the molecule is O=C(c1ccc2cn[nH]c2n1)N1CCc2[nH]nc(-c3ccccc3)c2CC1. The first-order chi connectivity index (χ1) is 13.3. The largest absolute Gasteiger partial charge is 0.337 e. The maximum atomic E-state index is 12.9. The molecule has 0 saturated heterocycles. The van der Waals surface area contributed by atoms with Gasteiger partial charge in [-0.3, -0.25) is 15.0 Å². The summed E-state index contributed by atoms with van der Waals surface area (Å²) in [5.74, 6) is -0.0501. The van der Waals surface area contributed by atoms with Gasteiger partial charge in [-0.1, -0.05) is 30.3 Å². The fourth-order valence-corrected chi connectivity index (χ4v) is 3.63. The van der Waals surface area contributed by atoms with Crippen molar-refractivity contribution in [3.63, 3.8) is 0 Å². The third-order valence-electron chi connectivity index (χ3n) is 5.07. The third kappa shape index (κ3) is 2.77. The second kappa shape index (κ2) is 6.35. The van der Waals surface area contributed by atoms with E-state index in [1.165, 1.54) is 5.56 Å². The van der Waals surface area contributed by atoms with E-state index in [0.717, 1.165) is 35.2 Å². The van der Waals surface area contributed by atoms with E-state index in [-0.39, 0.29) is 5.91 Å². The van der Waals surface area contributed by atoms with Crippen LogP contribution in [0.15, 0.2) is 48.7 Å². The maximum absolute atomic E-state index is 12.9. The molecule has 0 radical (unpaired) electrons. The first kappa shape index (κ1) is 15.7. The molecule has 0 fully saturated rings. The number of amides is 1. The van der Waals surface area contributed by atoms with Crippen LogP contribution in [0.4, 0.5) is 0 Å². The summed E-state index contributed by atoms with van der Waals surface area (Å²) < 4.78 is 0. The highest BCUT2D eigenvalue weighted by atomic mass is 16.2. The Balaban J connectivity index is 1.39. The Hall–Kier alpha value is -3.48. The minimum absolute atomic E-state index is 0.0501. The van der Waals surface area contributed by atoms with E-state index in [4.69, 9.17) is 0 Å². The molecule has 1 aliphatic heterocycles. The zero-order valence-corrected chi connectivity index (χ0v) is 14.6. The number of hydrogen-bond donors (Lipinski definition) is 2. The Morgan fingerprint density at radius 3 is 2.74 bits per heavy atom. The molecule has 0 bridgehead atoms. The number of pyridine rings is 1. The van der Waals surface area contributed by atoms with Crippen LogP contribution in [0.5, 0.6) is 0 Å². The number of nitrogens with zero attached hydrogens (tertiary/aromatic N) is 4. The Kier molecular flexibility index (Phi) is 3.71. The van der Waals surface area contributed by atoms with Gasteiger partial charge in [0.05, 0.1) is 11.9 Å². The Morgan fingerprint density at radius 1 is 1.00 bits per heavy atom. The van der Waals surface area contributed by atoms with Gasteiger partial charge in [-0.2, -0.15) is 10.2 Å². The molecule has 1 amide bonds. The lowest BCUT2D eigenvalue weighted by Gasteiger charge is -2.19. The average molecular weight is 358 g/mol. The van der Waals surface area contributed by atoms with Crippen LogP contribution in [0.1, 0.15) is 21.7 Å². The number of carbonyl (C=O) groups excluding carboxylic acids is 1. The summed E-state index contributed by atoms with van der Waals surface area (Å²) in [7, 11) is 0. The molecule has 2 N–H and O–H groups in total. The molecular formula is C20H18N6O. The zero-order valence-electron chi connectivity index (χ0n) is 14.6. The second-order valence-corrected chi connectivity index (χ2v) is 6.69. The second-order valence-electron chi connectivity index (χ2n) is 6.69. The fraction of sp³-hybridized carbons (Fsp3) is 0.200. The number of carbonyl (C=O) groups is 1. The van der Waals surface area contributed by atoms with E-state index in [1.807, 2.05) is 29.2 Å². The summed E-state index contributed by atoms with van der Waals surface area (Å²) in [6, 6.07) is 13.8. The predicted molar refractivity (Wildman–Crippen MR) is 101 cm³/mol. The minimum Gasteiger partial charge on any atom is -0.337 e. The van der Waals surface area contributed by atoms with Crippen LogP contribution in [0.2, 0.25) is 0 Å². The van der Waals surface area contributed by atoms with Crippen molar-refractivity contribution in [3.05, 3.63) is 65.6 Å². The lowest BCUT2D eigenvalue weighted by Crippen LogP contribution is -2.34. The van der Waals surface area contributed by atoms with E-state index < -0.39 is 0 Å². The van der Waals surface area contributed by atoms with Crippen LogP contribution >= 0.6 is 0 Å². The maximum Gasteiger partial charge on any atom is 0.272 e. The molecule has 4 heterocycles. The van der Waals surface area contributed by atoms with Gasteiger partial charge < -0.3 is 4.90 Å². The first-order valence-electron chi connectivity index (χ1n) is 9.00. The average Bonchev–Trinajstić information content (AvgIpc) is 3.29. The number of benzene rings is 1. The predicted octanol–water partition coefficient (Wildman–Crippen LogP) is 2.59. The van der Waals surface area contributed by atoms with Gasteiger partial charge in [0.25, 0.3) is 5.91 Å². The van der Waals surface area contributed by atoms with Crippen molar-refractivity contribution in [3.8, 4) is 11.3 Å². The number of hydrogen-bond acceptors (Lipinski definition) is 4. The highest BCUT2D eigenvalue weighted by molar-refractivity contribution is 5.94. The quantitative estimate of drug-likeness (QED) is 0.576. The molecule has 3 aromatic heterocycles. The van der Waals surface area contributed by atoms with Crippen molar-refractivity contribution in [2.75, 3.05) is 13.1 Å². The van der Waals surface area contributed by atoms with Crippen LogP contribution in [-0.4, -0.2) is 49.3 Å². The number of aromatic nitrogens is 5. The van der Waals surface area contributed by atoms with Gasteiger partial charge in [0.2, 0.25) is 0 Å². The molecular weight excluding hydrogens is 340 g/mol. The van der Waals surface area contributed by atoms with Crippen molar-refractivity contribution in [1.29, 1.82) is 0 Å². The Bertz CT molecular complexity index is 1110. The summed E-state index contributed by atoms with van der Waals surface area (Å²) >= 11 is 0. The van der Waals surface area contributed by atoms with E-state index in [9.17, 15) is 4.79 Å². The van der Waals surface area contributed by atoms with Gasteiger partial charge in [0.15, 0.2) is 5.65 Å². The number of fused-ring (bicyclic) bond motifs is 2. The van der Waals surface area contributed by atoms with E-state index in [2.05, 4.69) is 37.5 Å². The van der Waals surface area contributed by atoms with Gasteiger partial charge in [-0.25, -0.2) is 4.98 Å². The number of rotatable bonds is 2. The summed E-state index contributed by atoms with van der Waals surface area (Å²) in [5.41, 5.74) is 5.47. The smallest absolute Gasteiger partial charge is 0.272 e. The highest BCUT2D eigenvalue weighted by Gasteiger charge is 2.24. The standard InChI is InChI=1S/C20H18N6O/c27-20(17-7-6-14-12-21-25-19(14)22-17)26-10-8-15-16(9-11-26)23-24-18(15)13-4-2-1-3-5-13/h1-7,12H,8-11H2,(H,23,24)(H,21,22,25). The molecule has 0 atom stereocenters. The van der Waals surface area contributed by atoms with Crippen LogP contribution in [0.3, 0.4) is 0 Å². The van der Waals surface area contributed by atoms with Crippen molar-refractivity contribution < 1.29 is 4.79 Å². The fourth-order valence-electron chi connectivity index (χ4n) is 3.63. The monoisotopic (exact) mass is 358 g/mol. The third-order valence-corrected chi connectivity index (χ3v) is 5.07. The molecule has 134 valence electrons. The topological polar surface area (TPSA) is 90.6 Å². The number of H-pyrrole nitrogens is 2. The molecule has 0 spiro atoms. The molecule has 7 nitrogen and oxygen atoms in total. The summed E-state index contributed by atoms with van der Waals surface area (Å²) in [5, 5.41) is 15.4. The van der Waals surface area contributed by atoms with Gasteiger partial charge in [0.1, 0.15) is 5.69 Å². The molecule has 0 aliphatic carbocycles. The van der Waals surface area contributed by atoms with E-state index in [1.54, 1.807) is 12.3 Å². The summed E-state index contributed by atoms with van der Waals surface area (Å²) in [6.07, 6.45) is 3.23. The van der Waals surface area contributed by atoms with Crippen LogP contribution < -0.4 is 0 Å². The Labute approximate surface area is 155 Å². The molecule has 0 saturated carbocycles. The first-order valence-corrected chi connectivity index (χ1v) is 9.00. The summed E-state index contributed by atoms with van der Waals surface area (Å²) in [4.78, 5) is 19.2. The van der Waals surface area contributed by atoms with Crippen molar-refractivity contribution in [2.24, 2.45) is 0 Å². The van der Waals surface area contributed by atoms with Gasteiger partial charge in [0, 0.05) is 41.7 Å². The lowest BCUT2D eigenvalue weighted by atomic mass is 10.0. The molecule has 5 rings (SSSR count). The molecule has 27 heavy (non-hydrogen) atoms. The van der Waals surface area contributed by atoms with Gasteiger partial charge in [-0.15, -0.1) is 0 Å². The summed E-state index contributed by atoms with van der Waals surface area (Å²) in [6.45, 7) is 1.29. The van der Waals surface area contributed by atoms with E-state index >= 15 is 0 Å².